The first-order valence-corrected chi connectivity index (χ1v) is 9.26. The molecule has 4 rings (SSSR count). The van der Waals surface area contributed by atoms with Crippen LogP contribution in [0.4, 0.5) is 5.82 Å². The molecule has 0 radical (unpaired) electrons. The van der Waals surface area contributed by atoms with Crippen molar-refractivity contribution < 1.29 is 4.52 Å². The van der Waals surface area contributed by atoms with Crippen molar-refractivity contribution in [1.29, 1.82) is 0 Å². The van der Waals surface area contributed by atoms with E-state index in [0.29, 0.717) is 5.89 Å². The van der Waals surface area contributed by atoms with Crippen molar-refractivity contribution in [2.24, 2.45) is 0 Å². The minimum absolute atomic E-state index is 0.611. The summed E-state index contributed by atoms with van der Waals surface area (Å²) in [5.41, 5.74) is 2.05. The van der Waals surface area contributed by atoms with Crippen LogP contribution < -0.4 is 4.90 Å². The van der Waals surface area contributed by atoms with E-state index in [1.165, 1.54) is 0 Å². The Morgan fingerprint density at radius 2 is 1.81 bits per heavy atom. The van der Waals surface area contributed by atoms with Crippen molar-refractivity contribution in [2.75, 3.05) is 31.1 Å². The minimum Gasteiger partial charge on any atom is -0.354 e. The van der Waals surface area contributed by atoms with Crippen molar-refractivity contribution in [3.8, 4) is 11.4 Å². The highest BCUT2D eigenvalue weighted by atomic mass is 16.5. The third-order valence-electron chi connectivity index (χ3n) is 4.70. The van der Waals surface area contributed by atoms with Gasteiger partial charge in [-0.15, -0.1) is 0 Å². The predicted octanol–water partition coefficient (Wildman–Crippen LogP) is 2.11. The number of piperazine rings is 1. The van der Waals surface area contributed by atoms with Gasteiger partial charge < -0.3 is 9.42 Å². The maximum absolute atomic E-state index is 5.06. The zero-order chi connectivity index (χ0) is 18.6. The van der Waals surface area contributed by atoms with Gasteiger partial charge >= 0.3 is 0 Å². The lowest BCUT2D eigenvalue weighted by atomic mass is 10.2. The number of aromatic nitrogens is 5. The molecule has 0 aromatic carbocycles. The van der Waals surface area contributed by atoms with E-state index in [1.807, 2.05) is 19.1 Å². The van der Waals surface area contributed by atoms with Crippen LogP contribution in [0, 0.1) is 6.92 Å². The Kier molecular flexibility index (Phi) is 5.06. The molecule has 0 unspecified atom stereocenters. The van der Waals surface area contributed by atoms with Crippen LogP contribution in [0.3, 0.4) is 0 Å². The van der Waals surface area contributed by atoms with Gasteiger partial charge in [0.1, 0.15) is 5.82 Å². The SMILES string of the molecule is CCc1cc(N2CCN(Cc3noc(C)n3)CC2)nc(-c2ccncc2)n1. The Hall–Kier alpha value is -2.87. The molecule has 0 aliphatic carbocycles. The second kappa shape index (κ2) is 7.79. The summed E-state index contributed by atoms with van der Waals surface area (Å²) in [5.74, 6) is 3.11. The highest BCUT2D eigenvalue weighted by Crippen LogP contribution is 2.21. The topological polar surface area (TPSA) is 84.1 Å². The summed E-state index contributed by atoms with van der Waals surface area (Å²) < 4.78 is 5.06. The summed E-state index contributed by atoms with van der Waals surface area (Å²) in [5, 5.41) is 3.99. The van der Waals surface area contributed by atoms with E-state index in [-0.39, 0.29) is 0 Å². The molecule has 0 atom stereocenters. The van der Waals surface area contributed by atoms with Gasteiger partial charge in [-0.1, -0.05) is 12.1 Å². The number of hydrogen-bond donors (Lipinski definition) is 0. The van der Waals surface area contributed by atoms with E-state index >= 15 is 0 Å². The maximum atomic E-state index is 5.06. The molecule has 1 saturated heterocycles. The van der Waals surface area contributed by atoms with Crippen LogP contribution in [0.15, 0.2) is 35.1 Å². The maximum Gasteiger partial charge on any atom is 0.223 e. The number of aryl methyl sites for hydroxylation is 2. The fraction of sp³-hybridized carbons (Fsp3) is 0.421. The number of hydrogen-bond acceptors (Lipinski definition) is 8. The Morgan fingerprint density at radius 1 is 1.04 bits per heavy atom. The Morgan fingerprint density at radius 3 is 2.48 bits per heavy atom. The van der Waals surface area contributed by atoms with Gasteiger partial charge in [-0.25, -0.2) is 9.97 Å². The molecule has 0 spiro atoms. The van der Waals surface area contributed by atoms with Crippen LogP contribution in [-0.4, -0.2) is 56.2 Å². The van der Waals surface area contributed by atoms with E-state index < -0.39 is 0 Å². The second-order valence-corrected chi connectivity index (χ2v) is 6.62. The van der Waals surface area contributed by atoms with E-state index in [9.17, 15) is 0 Å². The van der Waals surface area contributed by atoms with Gasteiger partial charge in [0.05, 0.1) is 6.54 Å². The van der Waals surface area contributed by atoms with Gasteiger partial charge in [0.15, 0.2) is 11.6 Å². The molecule has 0 amide bonds. The molecule has 0 N–H and O–H groups in total. The van der Waals surface area contributed by atoms with Crippen molar-refractivity contribution in [1.82, 2.24) is 30.0 Å². The van der Waals surface area contributed by atoms with Gasteiger partial charge in [0, 0.05) is 62.8 Å². The van der Waals surface area contributed by atoms with Gasteiger partial charge in [0.25, 0.3) is 0 Å². The Bertz CT molecular complexity index is 888. The van der Waals surface area contributed by atoms with E-state index in [2.05, 4.69) is 42.9 Å². The summed E-state index contributed by atoms with van der Waals surface area (Å²) in [6.07, 6.45) is 4.43. The molecule has 0 saturated carbocycles. The molecule has 8 nitrogen and oxygen atoms in total. The van der Waals surface area contributed by atoms with Crippen molar-refractivity contribution in [2.45, 2.75) is 26.8 Å². The third kappa shape index (κ3) is 4.11. The summed E-state index contributed by atoms with van der Waals surface area (Å²) in [7, 11) is 0. The summed E-state index contributed by atoms with van der Waals surface area (Å²) >= 11 is 0. The van der Waals surface area contributed by atoms with Crippen LogP contribution in [0.2, 0.25) is 0 Å². The standard InChI is InChI=1S/C19H23N7O/c1-3-16-12-18(23-19(22-16)15-4-6-20-7-5-15)26-10-8-25(9-11-26)13-17-21-14(2)27-24-17/h4-7,12H,3,8-11,13H2,1-2H3. The average Bonchev–Trinajstić information content (AvgIpc) is 3.13. The predicted molar refractivity (Wildman–Crippen MR) is 101 cm³/mol. The number of rotatable bonds is 5. The van der Waals surface area contributed by atoms with Gasteiger partial charge in [-0.3, -0.25) is 9.88 Å². The van der Waals surface area contributed by atoms with Crippen LogP contribution in [0.5, 0.6) is 0 Å². The first kappa shape index (κ1) is 17.5. The lowest BCUT2D eigenvalue weighted by Gasteiger charge is -2.35. The highest BCUT2D eigenvalue weighted by molar-refractivity contribution is 5.57. The van der Waals surface area contributed by atoms with Crippen molar-refractivity contribution in [3.05, 3.63) is 48.0 Å². The van der Waals surface area contributed by atoms with Gasteiger partial charge in [-0.2, -0.15) is 4.98 Å². The molecule has 4 heterocycles. The average molecular weight is 365 g/mol. The lowest BCUT2D eigenvalue weighted by Crippen LogP contribution is -2.46. The quantitative estimate of drug-likeness (QED) is 0.680. The smallest absolute Gasteiger partial charge is 0.223 e. The van der Waals surface area contributed by atoms with Gasteiger partial charge in [-0.05, 0) is 18.6 Å². The van der Waals surface area contributed by atoms with E-state index in [0.717, 1.165) is 67.9 Å². The molecule has 140 valence electrons. The summed E-state index contributed by atoms with van der Waals surface area (Å²) in [6.45, 7) is 8.34. The molecule has 8 heteroatoms. The molecule has 1 aliphatic rings. The molecule has 27 heavy (non-hydrogen) atoms. The first-order valence-electron chi connectivity index (χ1n) is 9.26. The number of nitrogens with zero attached hydrogens (tertiary/aromatic N) is 7. The Labute approximate surface area is 158 Å². The second-order valence-electron chi connectivity index (χ2n) is 6.62. The molecule has 3 aromatic rings. The zero-order valence-corrected chi connectivity index (χ0v) is 15.7. The van der Waals surface area contributed by atoms with E-state index in [1.54, 1.807) is 12.4 Å². The lowest BCUT2D eigenvalue weighted by molar-refractivity contribution is 0.239. The number of anilines is 1. The van der Waals surface area contributed by atoms with E-state index in [4.69, 9.17) is 9.51 Å². The molecule has 1 fully saturated rings. The van der Waals surface area contributed by atoms with Gasteiger partial charge in [0.2, 0.25) is 5.89 Å². The third-order valence-corrected chi connectivity index (χ3v) is 4.70. The molecular weight excluding hydrogens is 342 g/mol. The summed E-state index contributed by atoms with van der Waals surface area (Å²) in [6, 6.07) is 6.00. The van der Waals surface area contributed by atoms with Crippen LogP contribution in [-0.2, 0) is 13.0 Å². The Balaban J connectivity index is 1.47. The molecule has 1 aliphatic heterocycles. The van der Waals surface area contributed by atoms with Crippen molar-refractivity contribution >= 4 is 5.82 Å². The van der Waals surface area contributed by atoms with Crippen LogP contribution in [0.1, 0.15) is 24.3 Å². The molecule has 3 aromatic heterocycles. The van der Waals surface area contributed by atoms with Crippen molar-refractivity contribution in [3.63, 3.8) is 0 Å². The fourth-order valence-electron chi connectivity index (χ4n) is 3.20. The largest absolute Gasteiger partial charge is 0.354 e. The molecular formula is C19H23N7O. The zero-order valence-electron chi connectivity index (χ0n) is 15.7. The van der Waals surface area contributed by atoms with Crippen LogP contribution >= 0.6 is 0 Å². The summed E-state index contributed by atoms with van der Waals surface area (Å²) in [4.78, 5) is 22.5. The minimum atomic E-state index is 0.611. The first-order chi connectivity index (χ1) is 13.2. The number of pyridine rings is 1. The molecule has 0 bridgehead atoms. The monoisotopic (exact) mass is 365 g/mol. The van der Waals surface area contributed by atoms with Crippen LogP contribution in [0.25, 0.3) is 11.4 Å². The fourth-order valence-corrected chi connectivity index (χ4v) is 3.20. The highest BCUT2D eigenvalue weighted by Gasteiger charge is 2.21. The normalized spacial score (nSPS) is 15.3.